The van der Waals surface area contributed by atoms with Gasteiger partial charge >= 0.3 is 0 Å². The van der Waals surface area contributed by atoms with Crippen LogP contribution in [-0.2, 0) is 0 Å². The van der Waals surface area contributed by atoms with Gasteiger partial charge in [0.15, 0.2) is 0 Å². The molecule has 0 saturated carbocycles. The van der Waals surface area contributed by atoms with Crippen molar-refractivity contribution in [3.8, 4) is 55.6 Å². The second kappa shape index (κ2) is 14.3. The molecular weight excluding hydrogens is 709 g/mol. The van der Waals surface area contributed by atoms with Gasteiger partial charge in [-0.15, -0.1) is 0 Å². The van der Waals surface area contributed by atoms with Crippen molar-refractivity contribution < 1.29 is 0 Å². The maximum absolute atomic E-state index is 2.45. The summed E-state index contributed by atoms with van der Waals surface area (Å²) >= 11 is 0. The van der Waals surface area contributed by atoms with Gasteiger partial charge in [0.1, 0.15) is 0 Å². The highest BCUT2D eigenvalue weighted by Crippen LogP contribution is 2.48. The van der Waals surface area contributed by atoms with Crippen molar-refractivity contribution in [2.24, 2.45) is 0 Å². The van der Waals surface area contributed by atoms with Crippen LogP contribution >= 0.6 is 0 Å². The summed E-state index contributed by atoms with van der Waals surface area (Å²) in [6.45, 7) is 4.55. The Bertz CT molecular complexity index is 3340. The molecule has 0 aliphatic heterocycles. The predicted octanol–water partition coefficient (Wildman–Crippen LogP) is 16.9. The van der Waals surface area contributed by atoms with Crippen LogP contribution < -0.4 is 0 Å². The van der Waals surface area contributed by atoms with E-state index >= 15 is 0 Å². The molecule has 0 nitrogen and oxygen atoms in total. The normalized spacial score (nSPS) is 11.7. The number of benzene rings is 11. The lowest BCUT2D eigenvalue weighted by atomic mass is 9.82. The molecule has 59 heavy (non-hydrogen) atoms. The fraction of sp³-hybridized carbons (Fsp3) is 0.0508. The first-order valence-electron chi connectivity index (χ1n) is 20.8. The smallest absolute Gasteiger partial charge is 0.00199 e. The Kier molecular flexibility index (Phi) is 8.45. The Balaban J connectivity index is 1.15. The summed E-state index contributed by atoms with van der Waals surface area (Å²) in [4.78, 5) is 0. The second-order valence-corrected chi connectivity index (χ2v) is 16.2. The first-order valence-corrected chi connectivity index (χ1v) is 20.8. The summed E-state index contributed by atoms with van der Waals surface area (Å²) < 4.78 is 0. The molecule has 11 aromatic rings. The van der Waals surface area contributed by atoms with Crippen molar-refractivity contribution in [1.29, 1.82) is 0 Å². The molecule has 11 aromatic carbocycles. The van der Waals surface area contributed by atoms with Crippen LogP contribution in [0.3, 0.4) is 0 Å². The van der Waals surface area contributed by atoms with E-state index in [4.69, 9.17) is 0 Å². The van der Waals surface area contributed by atoms with Crippen molar-refractivity contribution in [3.05, 3.63) is 218 Å². The van der Waals surface area contributed by atoms with E-state index in [9.17, 15) is 0 Å². The van der Waals surface area contributed by atoms with E-state index < -0.39 is 0 Å². The molecule has 0 aliphatic rings. The monoisotopic (exact) mass is 750 g/mol. The third-order valence-electron chi connectivity index (χ3n) is 12.4. The van der Waals surface area contributed by atoms with Gasteiger partial charge in [-0.3, -0.25) is 0 Å². The van der Waals surface area contributed by atoms with Crippen LogP contribution in [0.15, 0.2) is 212 Å². The number of hydrogen-bond acceptors (Lipinski definition) is 0. The van der Waals surface area contributed by atoms with Crippen LogP contribution in [0.1, 0.15) is 25.3 Å². The van der Waals surface area contributed by atoms with Gasteiger partial charge in [0.2, 0.25) is 0 Å². The fourth-order valence-corrected chi connectivity index (χ4v) is 9.54. The molecule has 0 heteroatoms. The first kappa shape index (κ1) is 34.9. The van der Waals surface area contributed by atoms with E-state index in [0.717, 1.165) is 0 Å². The molecule has 0 amide bonds. The summed E-state index contributed by atoms with van der Waals surface area (Å²) in [6, 6.07) is 78.9. The SMILES string of the molecule is CC(C)c1cccc(-c2c3ccccc3c(-c3cc(-c4ccc(-c5cc6ccccc6c6ccccc56)cc4)ccc3-c3cccc4ccccc34)c3ccccc23)c1. The molecule has 0 saturated heterocycles. The van der Waals surface area contributed by atoms with Crippen LogP contribution in [0.4, 0.5) is 0 Å². The molecule has 0 N–H and O–H groups in total. The van der Waals surface area contributed by atoms with E-state index in [1.807, 2.05) is 0 Å². The minimum absolute atomic E-state index is 0.443. The van der Waals surface area contributed by atoms with Gasteiger partial charge in [-0.1, -0.05) is 214 Å². The quantitative estimate of drug-likeness (QED) is 0.117. The lowest BCUT2D eigenvalue weighted by Gasteiger charge is -2.21. The molecule has 0 fully saturated rings. The zero-order valence-corrected chi connectivity index (χ0v) is 33.3. The summed E-state index contributed by atoms with van der Waals surface area (Å²) in [7, 11) is 0. The number of hydrogen-bond donors (Lipinski definition) is 0. The maximum atomic E-state index is 2.45. The lowest BCUT2D eigenvalue weighted by molar-refractivity contribution is 0.867. The zero-order chi connectivity index (χ0) is 39.5. The van der Waals surface area contributed by atoms with E-state index in [2.05, 4.69) is 226 Å². The molecular formula is C59H42. The average Bonchev–Trinajstić information content (AvgIpc) is 3.30. The van der Waals surface area contributed by atoms with E-state index in [1.54, 1.807) is 0 Å². The highest BCUT2D eigenvalue weighted by molar-refractivity contribution is 6.23. The average molecular weight is 751 g/mol. The van der Waals surface area contributed by atoms with Crippen LogP contribution in [0.25, 0.3) is 109 Å². The van der Waals surface area contributed by atoms with E-state index in [0.29, 0.717) is 5.92 Å². The van der Waals surface area contributed by atoms with Crippen LogP contribution in [0, 0.1) is 0 Å². The molecule has 11 rings (SSSR count). The molecule has 0 bridgehead atoms. The van der Waals surface area contributed by atoms with Gasteiger partial charge in [-0.2, -0.15) is 0 Å². The van der Waals surface area contributed by atoms with Crippen molar-refractivity contribution in [2.45, 2.75) is 19.8 Å². The Morgan fingerprint density at radius 3 is 1.47 bits per heavy atom. The highest BCUT2D eigenvalue weighted by Gasteiger charge is 2.21. The maximum Gasteiger partial charge on any atom is -0.00199 e. The summed E-state index contributed by atoms with van der Waals surface area (Å²) in [5.41, 5.74) is 13.8. The van der Waals surface area contributed by atoms with Crippen LogP contribution in [0.2, 0.25) is 0 Å². The molecule has 0 heterocycles. The molecule has 278 valence electrons. The van der Waals surface area contributed by atoms with Gasteiger partial charge in [0.25, 0.3) is 0 Å². The Morgan fingerprint density at radius 1 is 0.254 bits per heavy atom. The van der Waals surface area contributed by atoms with Gasteiger partial charge < -0.3 is 0 Å². The molecule has 0 aliphatic carbocycles. The highest BCUT2D eigenvalue weighted by atomic mass is 14.2. The second-order valence-electron chi connectivity index (χ2n) is 16.2. The number of rotatable bonds is 6. The Hall–Kier alpha value is -7.28. The molecule has 0 atom stereocenters. The van der Waals surface area contributed by atoms with Crippen molar-refractivity contribution in [1.82, 2.24) is 0 Å². The summed E-state index contributed by atoms with van der Waals surface area (Å²) in [5, 5.41) is 12.7. The van der Waals surface area contributed by atoms with Gasteiger partial charge in [-0.05, 0) is 133 Å². The van der Waals surface area contributed by atoms with E-state index in [1.165, 1.54) is 115 Å². The van der Waals surface area contributed by atoms with Gasteiger partial charge in [0.05, 0.1) is 0 Å². The Labute approximate surface area is 345 Å². The minimum atomic E-state index is 0.443. The molecule has 0 spiro atoms. The fourth-order valence-electron chi connectivity index (χ4n) is 9.54. The Morgan fingerprint density at radius 2 is 0.780 bits per heavy atom. The van der Waals surface area contributed by atoms with Gasteiger partial charge in [-0.25, -0.2) is 0 Å². The predicted molar refractivity (Wildman–Crippen MR) is 255 cm³/mol. The van der Waals surface area contributed by atoms with Crippen molar-refractivity contribution in [2.75, 3.05) is 0 Å². The van der Waals surface area contributed by atoms with Crippen molar-refractivity contribution >= 4 is 53.9 Å². The van der Waals surface area contributed by atoms with Crippen LogP contribution in [0.5, 0.6) is 0 Å². The lowest BCUT2D eigenvalue weighted by Crippen LogP contribution is -1.95. The number of fused-ring (bicyclic) bond motifs is 6. The largest absolute Gasteiger partial charge is 0.0616 e. The first-order chi connectivity index (χ1) is 29.1. The minimum Gasteiger partial charge on any atom is -0.0616 e. The summed E-state index contributed by atoms with van der Waals surface area (Å²) in [6.07, 6.45) is 0. The van der Waals surface area contributed by atoms with Crippen LogP contribution in [-0.4, -0.2) is 0 Å². The molecule has 0 unspecified atom stereocenters. The third-order valence-corrected chi connectivity index (χ3v) is 12.4. The zero-order valence-electron chi connectivity index (χ0n) is 33.3. The topological polar surface area (TPSA) is 0 Å². The van der Waals surface area contributed by atoms with E-state index in [-0.39, 0.29) is 0 Å². The molecule has 0 radical (unpaired) electrons. The standard InChI is InChI=1S/C59H42/c1-38(2)42-18-13-19-45(35-42)58-52-24-9-11-26-54(52)59(55-27-12-10-25-53(55)58)57-36-43(33-34-51(57)49-28-14-17-40-15-3-5-20-46(40)49)39-29-31-41(32-30-39)56-37-44-16-4-6-21-47(44)48-22-7-8-23-50(48)56/h3-38H,1-2H3. The van der Waals surface area contributed by atoms with Crippen molar-refractivity contribution in [3.63, 3.8) is 0 Å². The summed E-state index contributed by atoms with van der Waals surface area (Å²) in [5.74, 6) is 0.443. The third kappa shape index (κ3) is 5.91. The van der Waals surface area contributed by atoms with Gasteiger partial charge in [0, 0.05) is 0 Å². The molecule has 0 aromatic heterocycles.